The van der Waals surface area contributed by atoms with Crippen molar-refractivity contribution in [3.63, 3.8) is 0 Å². The smallest absolute Gasteiger partial charge is 0.310 e. The predicted molar refractivity (Wildman–Crippen MR) is 123 cm³/mol. The molecular formula is C23H27N3O5S. The third-order valence-corrected chi connectivity index (χ3v) is 7.36. The van der Waals surface area contributed by atoms with Gasteiger partial charge in [0, 0.05) is 35.9 Å². The van der Waals surface area contributed by atoms with Gasteiger partial charge in [-0.2, -0.15) is 4.31 Å². The summed E-state index contributed by atoms with van der Waals surface area (Å²) in [4.78, 5) is 27.7. The Kier molecular flexibility index (Phi) is 7.32. The number of hydrogen-bond acceptors (Lipinski definition) is 5. The molecule has 0 unspecified atom stereocenters. The molecule has 0 aliphatic carbocycles. The zero-order valence-corrected chi connectivity index (χ0v) is 19.2. The molecule has 170 valence electrons. The van der Waals surface area contributed by atoms with Gasteiger partial charge >= 0.3 is 5.97 Å². The van der Waals surface area contributed by atoms with Crippen LogP contribution in [0.2, 0.25) is 0 Å². The van der Waals surface area contributed by atoms with Crippen molar-refractivity contribution in [2.75, 3.05) is 25.0 Å². The number of rotatable bonds is 9. The van der Waals surface area contributed by atoms with Gasteiger partial charge in [0.15, 0.2) is 6.61 Å². The Morgan fingerprint density at radius 1 is 1.09 bits per heavy atom. The van der Waals surface area contributed by atoms with E-state index in [9.17, 15) is 18.0 Å². The molecule has 0 saturated heterocycles. The van der Waals surface area contributed by atoms with Crippen molar-refractivity contribution in [1.29, 1.82) is 0 Å². The number of sulfonamides is 1. The monoisotopic (exact) mass is 457 g/mol. The molecule has 0 atom stereocenters. The second-order valence-corrected chi connectivity index (χ2v) is 9.22. The number of aromatic nitrogens is 1. The molecule has 0 aliphatic rings. The number of esters is 1. The van der Waals surface area contributed by atoms with Crippen molar-refractivity contribution >= 4 is 38.5 Å². The van der Waals surface area contributed by atoms with E-state index in [1.807, 2.05) is 24.3 Å². The number of ether oxygens (including phenoxy) is 1. The highest BCUT2D eigenvalue weighted by Gasteiger charge is 2.24. The van der Waals surface area contributed by atoms with Crippen molar-refractivity contribution < 1.29 is 22.7 Å². The highest BCUT2D eigenvalue weighted by molar-refractivity contribution is 7.89. The molecule has 3 aromatic rings. The maximum Gasteiger partial charge on any atom is 0.310 e. The molecular weight excluding hydrogens is 430 g/mol. The van der Waals surface area contributed by atoms with E-state index in [1.54, 1.807) is 39.1 Å². The van der Waals surface area contributed by atoms with Crippen LogP contribution in [0.25, 0.3) is 10.9 Å². The second-order valence-electron chi connectivity index (χ2n) is 7.31. The highest BCUT2D eigenvalue weighted by Crippen LogP contribution is 2.24. The van der Waals surface area contributed by atoms with E-state index in [-0.39, 0.29) is 11.3 Å². The number of aryl methyl sites for hydroxylation is 1. The number of amides is 1. The molecule has 8 nitrogen and oxygen atoms in total. The molecule has 0 fully saturated rings. The van der Waals surface area contributed by atoms with E-state index >= 15 is 0 Å². The van der Waals surface area contributed by atoms with Crippen LogP contribution in [-0.2, 0) is 30.8 Å². The molecule has 1 aromatic heterocycles. The lowest BCUT2D eigenvalue weighted by Crippen LogP contribution is -2.31. The number of para-hydroxylation sites is 1. The van der Waals surface area contributed by atoms with E-state index in [1.165, 1.54) is 10.4 Å². The first-order valence-corrected chi connectivity index (χ1v) is 11.8. The lowest BCUT2D eigenvalue weighted by atomic mass is 10.1. The number of hydrogen-bond donors (Lipinski definition) is 2. The van der Waals surface area contributed by atoms with Crippen molar-refractivity contribution in [1.82, 2.24) is 9.29 Å². The highest BCUT2D eigenvalue weighted by atomic mass is 32.2. The SMILES string of the molecule is CCN(CC)S(=O)(=O)c1cc(NC(=O)COC(=O)Cc2c[nH]c3ccccc23)ccc1C. The number of anilines is 1. The fraction of sp³-hybridized carbons (Fsp3) is 0.304. The van der Waals surface area contributed by atoms with E-state index in [4.69, 9.17) is 4.74 Å². The first kappa shape index (κ1) is 23.5. The predicted octanol–water partition coefficient (Wildman–Crippen LogP) is 3.23. The lowest BCUT2D eigenvalue weighted by Gasteiger charge is -2.20. The van der Waals surface area contributed by atoms with Crippen LogP contribution in [0.15, 0.2) is 53.6 Å². The van der Waals surface area contributed by atoms with Gasteiger partial charge in [-0.3, -0.25) is 9.59 Å². The van der Waals surface area contributed by atoms with Crippen molar-refractivity contribution in [3.05, 3.63) is 59.8 Å². The summed E-state index contributed by atoms with van der Waals surface area (Å²) in [6, 6.07) is 12.3. The summed E-state index contributed by atoms with van der Waals surface area (Å²) in [5.74, 6) is -1.08. The Morgan fingerprint density at radius 2 is 1.81 bits per heavy atom. The van der Waals surface area contributed by atoms with Gasteiger partial charge in [0.05, 0.1) is 11.3 Å². The molecule has 1 amide bonds. The molecule has 32 heavy (non-hydrogen) atoms. The maximum atomic E-state index is 12.9. The van der Waals surface area contributed by atoms with Gasteiger partial charge in [-0.1, -0.05) is 38.1 Å². The largest absolute Gasteiger partial charge is 0.455 e. The molecule has 0 radical (unpaired) electrons. The lowest BCUT2D eigenvalue weighted by molar-refractivity contribution is -0.146. The quantitative estimate of drug-likeness (QED) is 0.480. The van der Waals surface area contributed by atoms with Gasteiger partial charge in [-0.25, -0.2) is 8.42 Å². The number of fused-ring (bicyclic) bond motifs is 1. The number of carbonyl (C=O) groups is 2. The minimum absolute atomic E-state index is 0.0358. The second kappa shape index (κ2) is 9.97. The molecule has 0 bridgehead atoms. The summed E-state index contributed by atoms with van der Waals surface area (Å²) in [7, 11) is -3.67. The van der Waals surface area contributed by atoms with Gasteiger partial charge in [0.1, 0.15) is 0 Å². The number of carbonyl (C=O) groups excluding carboxylic acids is 2. The topological polar surface area (TPSA) is 109 Å². The fourth-order valence-electron chi connectivity index (χ4n) is 3.49. The number of nitrogens with zero attached hydrogens (tertiary/aromatic N) is 1. The van der Waals surface area contributed by atoms with E-state index < -0.39 is 28.5 Å². The van der Waals surface area contributed by atoms with Gasteiger partial charge in [-0.15, -0.1) is 0 Å². The third-order valence-electron chi connectivity index (χ3n) is 5.17. The molecule has 2 N–H and O–H groups in total. The first-order valence-electron chi connectivity index (χ1n) is 10.4. The van der Waals surface area contributed by atoms with Gasteiger partial charge in [-0.05, 0) is 36.2 Å². The number of benzene rings is 2. The molecule has 9 heteroatoms. The van der Waals surface area contributed by atoms with Gasteiger partial charge < -0.3 is 15.0 Å². The van der Waals surface area contributed by atoms with Crippen LogP contribution >= 0.6 is 0 Å². The normalized spacial score (nSPS) is 11.6. The summed E-state index contributed by atoms with van der Waals surface area (Å²) in [6.45, 7) is 5.48. The van der Waals surface area contributed by atoms with Gasteiger partial charge in [0.2, 0.25) is 10.0 Å². The number of aromatic amines is 1. The summed E-state index contributed by atoms with van der Waals surface area (Å²) in [6.07, 6.45) is 1.78. The molecule has 0 saturated carbocycles. The van der Waals surface area contributed by atoms with E-state index in [0.29, 0.717) is 24.3 Å². The average molecular weight is 458 g/mol. The van der Waals surface area contributed by atoms with Crippen molar-refractivity contribution in [2.45, 2.75) is 32.1 Å². The Balaban J connectivity index is 1.62. The standard InChI is InChI=1S/C23H27N3O5S/c1-4-26(5-2)32(29,30)21-13-18(11-10-16(21)3)25-22(27)15-31-23(28)12-17-14-24-20-9-7-6-8-19(17)20/h6-11,13-14,24H,4-5,12,15H2,1-3H3,(H,25,27). The van der Waals surface area contributed by atoms with E-state index in [2.05, 4.69) is 10.3 Å². The summed E-state index contributed by atoms with van der Waals surface area (Å²) in [5.41, 5.74) is 2.61. The summed E-state index contributed by atoms with van der Waals surface area (Å²) >= 11 is 0. The molecule has 0 aliphatic heterocycles. The zero-order valence-electron chi connectivity index (χ0n) is 18.3. The Labute approximate surface area is 187 Å². The summed E-state index contributed by atoms with van der Waals surface area (Å²) < 4.78 is 32.2. The van der Waals surface area contributed by atoms with Crippen LogP contribution in [0.1, 0.15) is 25.0 Å². The minimum atomic E-state index is -3.67. The van der Waals surface area contributed by atoms with Crippen LogP contribution in [0.3, 0.4) is 0 Å². The van der Waals surface area contributed by atoms with Crippen LogP contribution in [0.5, 0.6) is 0 Å². The molecule has 3 rings (SSSR count). The Bertz CT molecular complexity index is 1230. The molecule has 0 spiro atoms. The molecule has 2 aromatic carbocycles. The van der Waals surface area contributed by atoms with Gasteiger partial charge in [0.25, 0.3) is 5.91 Å². The fourth-order valence-corrected chi connectivity index (χ4v) is 5.19. The maximum absolute atomic E-state index is 12.9. The van der Waals surface area contributed by atoms with Crippen molar-refractivity contribution in [3.8, 4) is 0 Å². The first-order chi connectivity index (χ1) is 15.3. The zero-order chi connectivity index (χ0) is 23.3. The number of H-pyrrole nitrogens is 1. The minimum Gasteiger partial charge on any atom is -0.455 e. The number of nitrogens with one attached hydrogen (secondary N) is 2. The average Bonchev–Trinajstić information content (AvgIpc) is 3.17. The Morgan fingerprint density at radius 3 is 2.53 bits per heavy atom. The Hall–Kier alpha value is -3.17. The summed E-state index contributed by atoms with van der Waals surface area (Å²) in [5, 5.41) is 3.52. The van der Waals surface area contributed by atoms with Crippen LogP contribution in [0, 0.1) is 6.92 Å². The van der Waals surface area contributed by atoms with E-state index in [0.717, 1.165) is 16.5 Å². The van der Waals surface area contributed by atoms with Crippen LogP contribution in [0.4, 0.5) is 5.69 Å². The van der Waals surface area contributed by atoms with Crippen LogP contribution in [-0.4, -0.2) is 49.3 Å². The third kappa shape index (κ3) is 5.17. The van der Waals surface area contributed by atoms with Crippen molar-refractivity contribution in [2.24, 2.45) is 0 Å². The van der Waals surface area contributed by atoms with Crippen LogP contribution < -0.4 is 5.32 Å². The molecule has 1 heterocycles.